The molecule has 0 spiro atoms. The molecule has 0 aliphatic carbocycles. The van der Waals surface area contributed by atoms with Gasteiger partial charge in [0.05, 0.1) is 19.1 Å². The van der Waals surface area contributed by atoms with Crippen molar-refractivity contribution in [3.8, 4) is 5.75 Å². The number of nitrogens with zero attached hydrogens (tertiary/aromatic N) is 1. The maximum absolute atomic E-state index is 13.4. The van der Waals surface area contributed by atoms with Crippen molar-refractivity contribution in [1.29, 1.82) is 0 Å². The van der Waals surface area contributed by atoms with Crippen LogP contribution in [0.4, 0.5) is 0 Å². The van der Waals surface area contributed by atoms with Gasteiger partial charge in [-0.2, -0.15) is 0 Å². The highest BCUT2D eigenvalue weighted by Gasteiger charge is 2.39. The first-order valence-corrected chi connectivity index (χ1v) is 13.0. The topological polar surface area (TPSA) is 142 Å². The molecule has 2 rings (SSSR count). The van der Waals surface area contributed by atoms with E-state index in [0.29, 0.717) is 43.6 Å². The number of benzene rings is 1. The second-order valence-corrected chi connectivity index (χ2v) is 9.67. The standard InChI is InChI=1S/C27H39N3O7/c1-4-5-6-7-15-37-21-12-10-19(11-13-21)25(34)29-24(18(2)3)27(36)30-14-8-9-22(30)26(35)28-20(17-31)16-23(32)33/h10-13,17-18,20,22,24H,4-9,14-16H2,1-3H3,(H,28,35)(H,29,34)(H,32,33). The normalized spacial score (nSPS) is 16.6. The van der Waals surface area contributed by atoms with Gasteiger partial charge in [-0.1, -0.05) is 40.0 Å². The largest absolute Gasteiger partial charge is 0.494 e. The number of likely N-dealkylation sites (tertiary alicyclic amines) is 1. The Hall–Kier alpha value is -3.43. The van der Waals surface area contributed by atoms with Crippen LogP contribution in [0.15, 0.2) is 24.3 Å². The van der Waals surface area contributed by atoms with Crippen LogP contribution < -0.4 is 15.4 Å². The quantitative estimate of drug-likeness (QED) is 0.240. The Morgan fingerprint density at radius 1 is 1.11 bits per heavy atom. The van der Waals surface area contributed by atoms with Crippen molar-refractivity contribution in [1.82, 2.24) is 15.5 Å². The Bertz CT molecular complexity index is 932. The number of unbranched alkanes of at least 4 members (excludes halogenated alkanes) is 3. The zero-order valence-corrected chi connectivity index (χ0v) is 21.9. The van der Waals surface area contributed by atoms with Crippen LogP contribution >= 0.6 is 0 Å². The third-order valence-corrected chi connectivity index (χ3v) is 6.33. The van der Waals surface area contributed by atoms with E-state index in [1.165, 1.54) is 11.3 Å². The number of carboxylic acid groups (broad SMARTS) is 1. The van der Waals surface area contributed by atoms with Gasteiger partial charge in [0.15, 0.2) is 0 Å². The summed E-state index contributed by atoms with van der Waals surface area (Å²) >= 11 is 0. The first-order valence-electron chi connectivity index (χ1n) is 13.0. The third kappa shape index (κ3) is 9.18. The van der Waals surface area contributed by atoms with Gasteiger partial charge in [-0.05, 0) is 49.4 Å². The molecule has 0 aromatic heterocycles. The number of ether oxygens (including phenoxy) is 1. The van der Waals surface area contributed by atoms with Crippen LogP contribution in [0.25, 0.3) is 0 Å². The fourth-order valence-corrected chi connectivity index (χ4v) is 4.24. The molecule has 3 unspecified atom stereocenters. The lowest BCUT2D eigenvalue weighted by atomic mass is 10.0. The van der Waals surface area contributed by atoms with Gasteiger partial charge in [-0.3, -0.25) is 19.2 Å². The smallest absolute Gasteiger partial charge is 0.305 e. The summed E-state index contributed by atoms with van der Waals surface area (Å²) in [6.45, 7) is 6.70. The van der Waals surface area contributed by atoms with Crippen LogP contribution in [-0.4, -0.2) is 71.3 Å². The van der Waals surface area contributed by atoms with E-state index >= 15 is 0 Å². The maximum Gasteiger partial charge on any atom is 0.305 e. The molecule has 3 amide bonds. The Labute approximate surface area is 218 Å². The van der Waals surface area contributed by atoms with Gasteiger partial charge in [0.1, 0.15) is 24.1 Å². The van der Waals surface area contributed by atoms with E-state index in [4.69, 9.17) is 9.84 Å². The molecule has 1 aliphatic heterocycles. The molecule has 1 heterocycles. The number of carboxylic acids is 1. The van der Waals surface area contributed by atoms with E-state index in [-0.39, 0.29) is 5.92 Å². The summed E-state index contributed by atoms with van der Waals surface area (Å²) in [7, 11) is 0. The fourth-order valence-electron chi connectivity index (χ4n) is 4.24. The molecule has 204 valence electrons. The number of hydrogen-bond donors (Lipinski definition) is 3. The molecule has 37 heavy (non-hydrogen) atoms. The van der Waals surface area contributed by atoms with Gasteiger partial charge in [-0.25, -0.2) is 0 Å². The van der Waals surface area contributed by atoms with Gasteiger partial charge in [0, 0.05) is 12.1 Å². The zero-order chi connectivity index (χ0) is 27.4. The van der Waals surface area contributed by atoms with Crippen molar-refractivity contribution in [3.63, 3.8) is 0 Å². The summed E-state index contributed by atoms with van der Waals surface area (Å²) in [4.78, 5) is 62.5. The molecule has 0 saturated carbocycles. The molecule has 1 aromatic rings. The summed E-state index contributed by atoms with van der Waals surface area (Å²) < 4.78 is 5.72. The molecule has 0 radical (unpaired) electrons. The minimum atomic E-state index is -1.22. The van der Waals surface area contributed by atoms with Gasteiger partial charge in [0.25, 0.3) is 5.91 Å². The summed E-state index contributed by atoms with van der Waals surface area (Å²) in [5, 5.41) is 14.1. The zero-order valence-electron chi connectivity index (χ0n) is 21.9. The average molecular weight is 518 g/mol. The predicted molar refractivity (Wildman–Crippen MR) is 137 cm³/mol. The second kappa shape index (κ2) is 15.0. The molecule has 1 aromatic carbocycles. The van der Waals surface area contributed by atoms with Crippen LogP contribution in [0.3, 0.4) is 0 Å². The highest BCUT2D eigenvalue weighted by Crippen LogP contribution is 2.21. The average Bonchev–Trinajstić information content (AvgIpc) is 3.36. The number of amides is 3. The number of rotatable bonds is 15. The van der Waals surface area contributed by atoms with E-state index in [1.807, 2.05) is 0 Å². The van der Waals surface area contributed by atoms with E-state index in [9.17, 15) is 24.0 Å². The lowest BCUT2D eigenvalue weighted by Crippen LogP contribution is -2.56. The van der Waals surface area contributed by atoms with Gasteiger partial charge < -0.3 is 30.2 Å². The first-order chi connectivity index (χ1) is 17.7. The number of aliphatic carboxylic acids is 1. The van der Waals surface area contributed by atoms with Crippen molar-refractivity contribution < 1.29 is 33.8 Å². The number of aldehydes is 1. The van der Waals surface area contributed by atoms with Crippen molar-refractivity contribution in [2.24, 2.45) is 5.92 Å². The molecule has 10 nitrogen and oxygen atoms in total. The predicted octanol–water partition coefficient (Wildman–Crippen LogP) is 2.55. The summed E-state index contributed by atoms with van der Waals surface area (Å²) in [6.07, 6.45) is 5.20. The molecule has 3 N–H and O–H groups in total. The van der Waals surface area contributed by atoms with Gasteiger partial charge in [0.2, 0.25) is 11.8 Å². The van der Waals surface area contributed by atoms with Crippen LogP contribution in [0, 0.1) is 5.92 Å². The highest BCUT2D eigenvalue weighted by atomic mass is 16.5. The van der Waals surface area contributed by atoms with Crippen molar-refractivity contribution in [2.75, 3.05) is 13.2 Å². The molecule has 10 heteroatoms. The van der Waals surface area contributed by atoms with Crippen molar-refractivity contribution >= 4 is 30.0 Å². The number of nitrogens with one attached hydrogen (secondary N) is 2. The number of carbonyl (C=O) groups is 5. The minimum Gasteiger partial charge on any atom is -0.494 e. The second-order valence-electron chi connectivity index (χ2n) is 9.67. The molecule has 1 fully saturated rings. The molecule has 3 atom stereocenters. The van der Waals surface area contributed by atoms with Crippen LogP contribution in [0.5, 0.6) is 5.75 Å². The van der Waals surface area contributed by atoms with Crippen molar-refractivity contribution in [2.45, 2.75) is 83.8 Å². The van der Waals surface area contributed by atoms with Crippen molar-refractivity contribution in [3.05, 3.63) is 29.8 Å². The lowest BCUT2D eigenvalue weighted by molar-refractivity contribution is -0.142. The summed E-state index contributed by atoms with van der Waals surface area (Å²) in [5.41, 5.74) is 0.384. The molecule has 0 bridgehead atoms. The van der Waals surface area contributed by atoms with Crippen LogP contribution in [-0.2, 0) is 19.2 Å². The highest BCUT2D eigenvalue weighted by molar-refractivity contribution is 5.99. The van der Waals surface area contributed by atoms with E-state index in [2.05, 4.69) is 17.6 Å². The van der Waals surface area contributed by atoms with E-state index in [1.54, 1.807) is 38.1 Å². The third-order valence-electron chi connectivity index (χ3n) is 6.33. The lowest BCUT2D eigenvalue weighted by Gasteiger charge is -2.31. The summed E-state index contributed by atoms with van der Waals surface area (Å²) in [5.74, 6) is -2.18. The van der Waals surface area contributed by atoms with E-state index < -0.39 is 48.2 Å². The van der Waals surface area contributed by atoms with Crippen LogP contribution in [0.2, 0.25) is 0 Å². The number of carbonyl (C=O) groups excluding carboxylic acids is 4. The number of hydrogen-bond acceptors (Lipinski definition) is 6. The Morgan fingerprint density at radius 3 is 2.41 bits per heavy atom. The Morgan fingerprint density at radius 2 is 1.81 bits per heavy atom. The molecule has 1 saturated heterocycles. The van der Waals surface area contributed by atoms with Gasteiger partial charge in [-0.15, -0.1) is 0 Å². The van der Waals surface area contributed by atoms with Gasteiger partial charge >= 0.3 is 5.97 Å². The maximum atomic E-state index is 13.4. The SMILES string of the molecule is CCCCCCOc1ccc(C(=O)NC(C(=O)N2CCCC2C(=O)NC(C=O)CC(=O)O)C(C)C)cc1. The minimum absolute atomic E-state index is 0.249. The van der Waals surface area contributed by atoms with E-state index in [0.717, 1.165) is 19.3 Å². The first kappa shape index (κ1) is 29.8. The summed E-state index contributed by atoms with van der Waals surface area (Å²) in [6, 6.07) is 3.86. The monoisotopic (exact) mass is 517 g/mol. The van der Waals surface area contributed by atoms with Crippen LogP contribution in [0.1, 0.15) is 76.1 Å². The Balaban J connectivity index is 2.01. The molecular weight excluding hydrogens is 478 g/mol. The molecular formula is C27H39N3O7. The Kier molecular flexibility index (Phi) is 12.1. The fraction of sp³-hybridized carbons (Fsp3) is 0.593. The molecule has 1 aliphatic rings.